The molecule has 5 N–H and O–H groups in total. The first-order chi connectivity index (χ1) is 8.24. The molecule has 0 heterocycles. The van der Waals surface area contributed by atoms with Crippen molar-refractivity contribution in [3.8, 4) is 0 Å². The van der Waals surface area contributed by atoms with E-state index in [1.54, 1.807) is 6.92 Å². The molecule has 0 spiro atoms. The summed E-state index contributed by atoms with van der Waals surface area (Å²) in [6, 6.07) is 3.79. The molecule has 1 rings (SSSR count). The molecule has 0 aliphatic carbocycles. The Kier molecular flexibility index (Phi) is 4.10. The average Bonchev–Trinajstić information content (AvgIpc) is 2.26. The SMILES string of the molecule is C=C(C)CNS(=O)(=O)c1ccc(C(N)=O)cc1N. The van der Waals surface area contributed by atoms with Gasteiger partial charge in [0.15, 0.2) is 0 Å². The number of anilines is 1. The van der Waals surface area contributed by atoms with Crippen molar-refractivity contribution in [3.63, 3.8) is 0 Å². The van der Waals surface area contributed by atoms with E-state index in [0.717, 1.165) is 0 Å². The lowest BCUT2D eigenvalue weighted by molar-refractivity contribution is 0.1000. The lowest BCUT2D eigenvalue weighted by Gasteiger charge is -2.09. The van der Waals surface area contributed by atoms with Crippen LogP contribution < -0.4 is 16.2 Å². The molecule has 98 valence electrons. The predicted molar refractivity (Wildman–Crippen MR) is 69.4 cm³/mol. The number of hydrogen-bond acceptors (Lipinski definition) is 4. The summed E-state index contributed by atoms with van der Waals surface area (Å²) in [5, 5.41) is 0. The molecule has 0 radical (unpaired) electrons. The van der Waals surface area contributed by atoms with Crippen molar-refractivity contribution < 1.29 is 13.2 Å². The summed E-state index contributed by atoms with van der Waals surface area (Å²) in [5.74, 6) is -0.666. The van der Waals surface area contributed by atoms with Gasteiger partial charge < -0.3 is 11.5 Å². The highest BCUT2D eigenvalue weighted by atomic mass is 32.2. The number of carbonyl (C=O) groups excluding carboxylic acids is 1. The monoisotopic (exact) mass is 269 g/mol. The Bertz CT molecular complexity index is 594. The van der Waals surface area contributed by atoms with E-state index in [-0.39, 0.29) is 22.7 Å². The van der Waals surface area contributed by atoms with Crippen LogP contribution in [0.1, 0.15) is 17.3 Å². The second kappa shape index (κ2) is 5.19. The number of primary amides is 1. The van der Waals surface area contributed by atoms with Crippen molar-refractivity contribution in [1.29, 1.82) is 0 Å². The number of nitrogens with one attached hydrogen (secondary N) is 1. The third-order valence-electron chi connectivity index (χ3n) is 2.15. The fourth-order valence-electron chi connectivity index (χ4n) is 1.24. The van der Waals surface area contributed by atoms with Crippen molar-refractivity contribution in [2.75, 3.05) is 12.3 Å². The molecule has 0 atom stereocenters. The Morgan fingerprint density at radius 2 is 2.06 bits per heavy atom. The molecule has 1 aromatic carbocycles. The number of carbonyl (C=O) groups is 1. The van der Waals surface area contributed by atoms with Gasteiger partial charge in [-0.15, -0.1) is 0 Å². The van der Waals surface area contributed by atoms with Crippen molar-refractivity contribution in [2.24, 2.45) is 5.73 Å². The highest BCUT2D eigenvalue weighted by Gasteiger charge is 2.17. The first kappa shape index (κ1) is 14.2. The molecule has 0 aliphatic rings. The number of benzene rings is 1. The molecular weight excluding hydrogens is 254 g/mol. The summed E-state index contributed by atoms with van der Waals surface area (Å²) in [6.45, 7) is 5.41. The number of rotatable bonds is 5. The van der Waals surface area contributed by atoms with Gasteiger partial charge in [-0.05, 0) is 25.1 Å². The zero-order chi connectivity index (χ0) is 13.9. The third-order valence-corrected chi connectivity index (χ3v) is 3.62. The molecule has 0 saturated heterocycles. The van der Waals surface area contributed by atoms with E-state index in [2.05, 4.69) is 11.3 Å². The van der Waals surface area contributed by atoms with E-state index < -0.39 is 15.9 Å². The van der Waals surface area contributed by atoms with Crippen LogP contribution in [0.25, 0.3) is 0 Å². The van der Waals surface area contributed by atoms with Crippen LogP contribution in [0.5, 0.6) is 0 Å². The van der Waals surface area contributed by atoms with E-state index in [4.69, 9.17) is 11.5 Å². The first-order valence-corrected chi connectivity index (χ1v) is 6.55. The van der Waals surface area contributed by atoms with Gasteiger partial charge in [0.2, 0.25) is 15.9 Å². The summed E-state index contributed by atoms with van der Waals surface area (Å²) in [5.41, 5.74) is 11.5. The quantitative estimate of drug-likeness (QED) is 0.524. The number of amides is 1. The lowest BCUT2D eigenvalue weighted by Crippen LogP contribution is -2.26. The van der Waals surface area contributed by atoms with Gasteiger partial charge in [-0.3, -0.25) is 4.79 Å². The van der Waals surface area contributed by atoms with Crippen LogP contribution in [-0.4, -0.2) is 20.9 Å². The van der Waals surface area contributed by atoms with E-state index in [9.17, 15) is 13.2 Å². The van der Waals surface area contributed by atoms with Crippen LogP contribution in [0.4, 0.5) is 5.69 Å². The lowest BCUT2D eigenvalue weighted by atomic mass is 10.2. The first-order valence-electron chi connectivity index (χ1n) is 5.07. The third kappa shape index (κ3) is 3.31. The van der Waals surface area contributed by atoms with Crippen molar-refractivity contribution in [3.05, 3.63) is 35.9 Å². The summed E-state index contributed by atoms with van der Waals surface area (Å²) < 4.78 is 26.1. The molecule has 6 nitrogen and oxygen atoms in total. The minimum absolute atomic E-state index is 0.0273. The number of nitrogens with two attached hydrogens (primary N) is 2. The van der Waals surface area contributed by atoms with Crippen molar-refractivity contribution in [2.45, 2.75) is 11.8 Å². The van der Waals surface area contributed by atoms with E-state index in [0.29, 0.717) is 5.57 Å². The van der Waals surface area contributed by atoms with Gasteiger partial charge in [0.25, 0.3) is 0 Å². The minimum Gasteiger partial charge on any atom is -0.398 e. The maximum atomic E-state index is 11.9. The van der Waals surface area contributed by atoms with Crippen LogP contribution in [0.15, 0.2) is 35.2 Å². The molecule has 0 unspecified atom stereocenters. The largest absolute Gasteiger partial charge is 0.398 e. The van der Waals surface area contributed by atoms with Gasteiger partial charge in [0.1, 0.15) is 4.90 Å². The fourth-order valence-corrected chi connectivity index (χ4v) is 2.45. The fraction of sp³-hybridized carbons (Fsp3) is 0.182. The normalized spacial score (nSPS) is 11.2. The predicted octanol–water partition coefficient (Wildman–Crippen LogP) is 0.222. The Morgan fingerprint density at radius 3 is 2.50 bits per heavy atom. The molecule has 0 bridgehead atoms. The summed E-state index contributed by atoms with van der Waals surface area (Å²) in [7, 11) is -3.72. The molecule has 0 saturated carbocycles. The Hall–Kier alpha value is -1.86. The van der Waals surface area contributed by atoms with Gasteiger partial charge >= 0.3 is 0 Å². The highest BCUT2D eigenvalue weighted by molar-refractivity contribution is 7.89. The van der Waals surface area contributed by atoms with Gasteiger partial charge in [0, 0.05) is 12.1 Å². The summed E-state index contributed by atoms with van der Waals surface area (Å²) >= 11 is 0. The van der Waals surface area contributed by atoms with Gasteiger partial charge in [-0.25, -0.2) is 13.1 Å². The van der Waals surface area contributed by atoms with Crippen molar-refractivity contribution >= 4 is 21.6 Å². The molecule has 0 aliphatic heterocycles. The molecule has 7 heteroatoms. The van der Waals surface area contributed by atoms with Crippen LogP contribution in [0.2, 0.25) is 0 Å². The number of sulfonamides is 1. The molecule has 18 heavy (non-hydrogen) atoms. The minimum atomic E-state index is -3.72. The second-order valence-electron chi connectivity index (χ2n) is 3.90. The topological polar surface area (TPSA) is 115 Å². The van der Waals surface area contributed by atoms with Crippen LogP contribution in [0, 0.1) is 0 Å². The molecule has 1 amide bonds. The van der Waals surface area contributed by atoms with Gasteiger partial charge in [-0.1, -0.05) is 12.2 Å². The standard InChI is InChI=1S/C11H15N3O3S/c1-7(2)6-14-18(16,17)10-4-3-8(11(13)15)5-9(10)12/h3-5,14H,1,6,12H2,2H3,(H2,13,15). The second-order valence-corrected chi connectivity index (χ2v) is 5.63. The number of nitrogen functional groups attached to an aromatic ring is 1. The van der Waals surface area contributed by atoms with Crippen molar-refractivity contribution in [1.82, 2.24) is 4.72 Å². The maximum absolute atomic E-state index is 11.9. The number of hydrogen-bond donors (Lipinski definition) is 3. The Labute approximate surface area is 106 Å². The van der Waals surface area contributed by atoms with Crippen LogP contribution >= 0.6 is 0 Å². The smallest absolute Gasteiger partial charge is 0.248 e. The van der Waals surface area contributed by atoms with Crippen LogP contribution in [0.3, 0.4) is 0 Å². The molecule has 0 aromatic heterocycles. The molecule has 0 fully saturated rings. The van der Waals surface area contributed by atoms with E-state index >= 15 is 0 Å². The Morgan fingerprint density at radius 1 is 1.44 bits per heavy atom. The van der Waals surface area contributed by atoms with E-state index in [1.165, 1.54) is 18.2 Å². The van der Waals surface area contributed by atoms with E-state index in [1.807, 2.05) is 0 Å². The zero-order valence-electron chi connectivity index (χ0n) is 9.93. The molecule has 1 aromatic rings. The average molecular weight is 269 g/mol. The zero-order valence-corrected chi connectivity index (χ0v) is 10.8. The highest BCUT2D eigenvalue weighted by Crippen LogP contribution is 2.19. The van der Waals surface area contributed by atoms with Gasteiger partial charge in [-0.2, -0.15) is 0 Å². The summed E-state index contributed by atoms with van der Waals surface area (Å²) in [6.07, 6.45) is 0. The van der Waals surface area contributed by atoms with Gasteiger partial charge in [0.05, 0.1) is 5.69 Å². The Balaban J connectivity index is 3.10. The molecular formula is C11H15N3O3S. The van der Waals surface area contributed by atoms with Crippen LogP contribution in [-0.2, 0) is 10.0 Å². The maximum Gasteiger partial charge on any atom is 0.248 e. The summed E-state index contributed by atoms with van der Waals surface area (Å²) in [4.78, 5) is 10.8.